The van der Waals surface area contributed by atoms with Crippen molar-refractivity contribution in [1.82, 2.24) is 14.8 Å². The zero-order chi connectivity index (χ0) is 18.8. The molecule has 1 unspecified atom stereocenters. The maximum Gasteiger partial charge on any atom is 0.237 e. The Bertz CT molecular complexity index is 896. The number of amides is 1. The van der Waals surface area contributed by atoms with Crippen molar-refractivity contribution >= 4 is 34.1 Å². The van der Waals surface area contributed by atoms with Crippen LogP contribution in [0.3, 0.4) is 0 Å². The van der Waals surface area contributed by atoms with E-state index in [2.05, 4.69) is 27.3 Å². The molecule has 1 aromatic carbocycles. The fourth-order valence-corrected chi connectivity index (χ4v) is 4.16. The molecule has 0 aliphatic carbocycles. The number of halogens is 1. The molecular weight excluding hydrogens is 362 g/mol. The Balaban J connectivity index is 1.34. The molecule has 7 heteroatoms. The number of nitrogens with one attached hydrogen (secondary N) is 1. The lowest BCUT2D eigenvalue weighted by Crippen LogP contribution is -2.42. The summed E-state index contributed by atoms with van der Waals surface area (Å²) in [5, 5.41) is 14.3. The van der Waals surface area contributed by atoms with Crippen molar-refractivity contribution in [2.45, 2.75) is 31.3 Å². The first-order valence-corrected chi connectivity index (χ1v) is 9.74. The normalized spacial score (nSPS) is 22.9. The number of hydrogen-bond acceptors (Lipinski definition) is 5. The Morgan fingerprint density at radius 2 is 2.19 bits per heavy atom. The topological polar surface area (TPSA) is 72.3 Å². The van der Waals surface area contributed by atoms with Gasteiger partial charge in [0.1, 0.15) is 11.2 Å². The zero-order valence-corrected chi connectivity index (χ0v) is 15.8. The van der Waals surface area contributed by atoms with Gasteiger partial charge in [0.05, 0.1) is 18.1 Å². The van der Waals surface area contributed by atoms with E-state index in [1.165, 1.54) is 0 Å². The third-order valence-corrected chi connectivity index (χ3v) is 5.59. The maximum atomic E-state index is 12.5. The first-order chi connectivity index (χ1) is 13.1. The van der Waals surface area contributed by atoms with Gasteiger partial charge in [-0.05, 0) is 49.6 Å². The van der Waals surface area contributed by atoms with Crippen molar-refractivity contribution < 1.29 is 4.79 Å². The Morgan fingerprint density at radius 1 is 1.30 bits per heavy atom. The van der Waals surface area contributed by atoms with Crippen molar-refractivity contribution in [1.29, 1.82) is 5.26 Å². The monoisotopic (exact) mass is 383 g/mol. The number of carbonyl (C=O) groups is 1. The Morgan fingerprint density at radius 3 is 3.04 bits per heavy atom. The van der Waals surface area contributed by atoms with Gasteiger partial charge in [-0.1, -0.05) is 11.6 Å². The molecule has 2 saturated heterocycles. The van der Waals surface area contributed by atoms with E-state index >= 15 is 0 Å². The van der Waals surface area contributed by atoms with E-state index in [-0.39, 0.29) is 11.9 Å². The number of nitrogens with zero attached hydrogens (tertiary/aromatic N) is 4. The highest BCUT2D eigenvalue weighted by Gasteiger charge is 2.31. The van der Waals surface area contributed by atoms with Crippen LogP contribution in [0, 0.1) is 11.3 Å². The number of fused-ring (bicyclic) bond motifs is 1. The molecule has 0 bridgehead atoms. The van der Waals surface area contributed by atoms with Gasteiger partial charge in [0.2, 0.25) is 5.91 Å². The van der Waals surface area contributed by atoms with Crippen LogP contribution in [0.5, 0.6) is 0 Å². The number of benzene rings is 1. The molecule has 140 valence electrons. The molecule has 0 saturated carbocycles. The highest BCUT2D eigenvalue weighted by molar-refractivity contribution is 6.29. The average Bonchev–Trinajstić information content (AvgIpc) is 3.31. The molecule has 2 atom stereocenters. The first kappa shape index (κ1) is 18.0. The molecule has 4 rings (SSSR count). The third-order valence-electron chi connectivity index (χ3n) is 5.38. The Labute approximate surface area is 163 Å². The van der Waals surface area contributed by atoms with Crippen molar-refractivity contribution in [2.75, 3.05) is 31.5 Å². The minimum atomic E-state index is -0.242. The lowest BCUT2D eigenvalue weighted by molar-refractivity contribution is -0.132. The minimum Gasteiger partial charge on any atom is -0.381 e. The lowest BCUT2D eigenvalue weighted by Gasteiger charge is -2.23. The van der Waals surface area contributed by atoms with E-state index in [9.17, 15) is 4.79 Å². The number of rotatable bonds is 4. The highest BCUT2D eigenvalue weighted by Crippen LogP contribution is 2.23. The summed E-state index contributed by atoms with van der Waals surface area (Å²) in [6.07, 6.45) is 2.72. The van der Waals surface area contributed by atoms with Gasteiger partial charge < -0.3 is 10.2 Å². The van der Waals surface area contributed by atoms with Crippen LogP contribution < -0.4 is 5.32 Å². The molecule has 1 N–H and O–H groups in total. The van der Waals surface area contributed by atoms with Crippen LogP contribution in [0.2, 0.25) is 5.15 Å². The summed E-state index contributed by atoms with van der Waals surface area (Å²) in [6, 6.07) is 12.1. The lowest BCUT2D eigenvalue weighted by atomic mass is 10.2. The number of pyridine rings is 1. The van der Waals surface area contributed by atoms with Crippen LogP contribution in [-0.4, -0.2) is 59.0 Å². The number of carbonyl (C=O) groups excluding carboxylic acids is 1. The molecular formula is C20H22ClN5O. The molecule has 2 aliphatic rings. The standard InChI is InChI=1S/C20H22ClN5O/c21-19-6-3-14-10-15(4-5-18(14)24-19)23-16-7-9-25(12-16)13-20(27)26-8-1-2-17(26)11-22/h3-6,10,16-17,23H,1-2,7-9,12-13H2/t16-,17?/m1/s1. The molecule has 0 radical (unpaired) electrons. The molecule has 2 fully saturated rings. The van der Waals surface area contributed by atoms with E-state index in [1.807, 2.05) is 18.2 Å². The van der Waals surface area contributed by atoms with Gasteiger partial charge in [-0.25, -0.2) is 4.98 Å². The summed E-state index contributed by atoms with van der Waals surface area (Å²) >= 11 is 5.94. The SMILES string of the molecule is N#CC1CCCN1C(=O)CN1CC[C@@H](Nc2ccc3nc(Cl)ccc3c2)C1. The van der Waals surface area contributed by atoms with Crippen molar-refractivity contribution in [3.8, 4) is 6.07 Å². The average molecular weight is 384 g/mol. The van der Waals surface area contributed by atoms with Gasteiger partial charge in [0.25, 0.3) is 0 Å². The van der Waals surface area contributed by atoms with Crippen LogP contribution in [0.25, 0.3) is 10.9 Å². The molecule has 27 heavy (non-hydrogen) atoms. The van der Waals surface area contributed by atoms with Crippen LogP contribution in [-0.2, 0) is 4.79 Å². The second kappa shape index (κ2) is 7.71. The van der Waals surface area contributed by atoms with E-state index in [1.54, 1.807) is 11.0 Å². The Kier molecular flexibility index (Phi) is 5.15. The van der Waals surface area contributed by atoms with Crippen molar-refractivity contribution in [2.24, 2.45) is 0 Å². The number of aromatic nitrogens is 1. The van der Waals surface area contributed by atoms with E-state index in [4.69, 9.17) is 16.9 Å². The Hall–Kier alpha value is -2.36. The molecule has 2 aliphatic heterocycles. The van der Waals surface area contributed by atoms with E-state index in [0.717, 1.165) is 48.9 Å². The fourth-order valence-electron chi connectivity index (χ4n) is 4.00. The van der Waals surface area contributed by atoms with Gasteiger partial charge in [-0.15, -0.1) is 0 Å². The van der Waals surface area contributed by atoms with Gasteiger partial charge in [0.15, 0.2) is 0 Å². The van der Waals surface area contributed by atoms with Crippen LogP contribution >= 0.6 is 11.6 Å². The van der Waals surface area contributed by atoms with Gasteiger partial charge in [-0.3, -0.25) is 9.69 Å². The summed E-state index contributed by atoms with van der Waals surface area (Å²) in [4.78, 5) is 20.7. The summed E-state index contributed by atoms with van der Waals surface area (Å²) in [6.45, 7) is 2.82. The van der Waals surface area contributed by atoms with Crippen LogP contribution in [0.15, 0.2) is 30.3 Å². The third kappa shape index (κ3) is 4.00. The van der Waals surface area contributed by atoms with Crippen molar-refractivity contribution in [3.05, 3.63) is 35.5 Å². The van der Waals surface area contributed by atoms with E-state index in [0.29, 0.717) is 24.3 Å². The summed E-state index contributed by atoms with van der Waals surface area (Å²) < 4.78 is 0. The molecule has 1 aromatic heterocycles. The molecule has 6 nitrogen and oxygen atoms in total. The van der Waals surface area contributed by atoms with Gasteiger partial charge >= 0.3 is 0 Å². The number of hydrogen-bond donors (Lipinski definition) is 1. The predicted octanol–water partition coefficient (Wildman–Crippen LogP) is 2.89. The number of likely N-dealkylation sites (tertiary alicyclic amines) is 2. The van der Waals surface area contributed by atoms with Crippen molar-refractivity contribution in [3.63, 3.8) is 0 Å². The second-order valence-electron chi connectivity index (χ2n) is 7.28. The summed E-state index contributed by atoms with van der Waals surface area (Å²) in [7, 11) is 0. The smallest absolute Gasteiger partial charge is 0.237 e. The fraction of sp³-hybridized carbons (Fsp3) is 0.450. The largest absolute Gasteiger partial charge is 0.381 e. The molecule has 0 spiro atoms. The molecule has 1 amide bonds. The summed E-state index contributed by atoms with van der Waals surface area (Å²) in [5.41, 5.74) is 1.93. The number of anilines is 1. The predicted molar refractivity (Wildman–Crippen MR) is 106 cm³/mol. The van der Waals surface area contributed by atoms with Gasteiger partial charge in [0, 0.05) is 36.7 Å². The molecule has 2 aromatic rings. The zero-order valence-electron chi connectivity index (χ0n) is 15.1. The molecule has 3 heterocycles. The van der Waals surface area contributed by atoms with Gasteiger partial charge in [-0.2, -0.15) is 5.26 Å². The number of nitriles is 1. The first-order valence-electron chi connectivity index (χ1n) is 9.37. The second-order valence-corrected chi connectivity index (χ2v) is 7.67. The quantitative estimate of drug-likeness (QED) is 0.822. The summed E-state index contributed by atoms with van der Waals surface area (Å²) in [5.74, 6) is 0.0772. The highest BCUT2D eigenvalue weighted by atomic mass is 35.5. The van der Waals surface area contributed by atoms with E-state index < -0.39 is 0 Å². The minimum absolute atomic E-state index is 0.0772. The van der Waals surface area contributed by atoms with Crippen LogP contribution in [0.4, 0.5) is 5.69 Å². The maximum absolute atomic E-state index is 12.5. The van der Waals surface area contributed by atoms with Crippen LogP contribution in [0.1, 0.15) is 19.3 Å².